The number of nitro benzene ring substituents is 1. The Labute approximate surface area is 207 Å². The zero-order valence-corrected chi connectivity index (χ0v) is 19.6. The van der Waals surface area contributed by atoms with Gasteiger partial charge in [-0.1, -0.05) is 36.4 Å². The Morgan fingerprint density at radius 1 is 0.972 bits per heavy atom. The first-order valence-corrected chi connectivity index (χ1v) is 11.7. The lowest BCUT2D eigenvalue weighted by Crippen LogP contribution is -2.05. The lowest BCUT2D eigenvalue weighted by molar-refractivity contribution is -0.384. The minimum absolute atomic E-state index is 0.0567. The van der Waals surface area contributed by atoms with Crippen LogP contribution >= 0.6 is 0 Å². The third kappa shape index (κ3) is 4.13. The molecule has 6 rings (SSSR count). The normalized spacial score (nSPS) is 13.0. The van der Waals surface area contributed by atoms with Crippen molar-refractivity contribution in [2.75, 3.05) is 12.4 Å². The smallest absolute Gasteiger partial charge is 0.270 e. The first-order valence-electron chi connectivity index (χ1n) is 11.7. The second kappa shape index (κ2) is 8.81. The van der Waals surface area contributed by atoms with Gasteiger partial charge in [-0.3, -0.25) is 10.1 Å². The van der Waals surface area contributed by atoms with Crippen LogP contribution in [0, 0.1) is 10.1 Å². The van der Waals surface area contributed by atoms with E-state index in [2.05, 4.69) is 33.5 Å². The fourth-order valence-electron chi connectivity index (χ4n) is 4.39. The van der Waals surface area contributed by atoms with Crippen LogP contribution in [0.25, 0.3) is 39.0 Å². The van der Waals surface area contributed by atoms with Gasteiger partial charge in [-0.05, 0) is 47.7 Å². The van der Waals surface area contributed by atoms with Crippen LogP contribution in [-0.4, -0.2) is 32.6 Å². The maximum atomic E-state index is 11.4. The van der Waals surface area contributed by atoms with Gasteiger partial charge in [0.15, 0.2) is 0 Å². The Bertz CT molecular complexity index is 1590. The third-order valence-corrected chi connectivity index (χ3v) is 6.43. The van der Waals surface area contributed by atoms with Crippen molar-refractivity contribution in [2.24, 2.45) is 0 Å². The number of methoxy groups -OCH3 is 1. The van der Waals surface area contributed by atoms with Gasteiger partial charge in [-0.2, -0.15) is 0 Å². The number of anilines is 1. The first-order chi connectivity index (χ1) is 17.6. The van der Waals surface area contributed by atoms with Gasteiger partial charge in [0, 0.05) is 41.4 Å². The molecule has 0 spiro atoms. The molecule has 178 valence electrons. The van der Waals surface area contributed by atoms with E-state index in [1.54, 1.807) is 25.6 Å². The molecule has 1 aliphatic rings. The van der Waals surface area contributed by atoms with Gasteiger partial charge >= 0.3 is 0 Å². The second-order valence-electron chi connectivity index (χ2n) is 8.86. The van der Waals surface area contributed by atoms with Gasteiger partial charge in [-0.25, -0.2) is 9.97 Å². The van der Waals surface area contributed by atoms with Crippen LogP contribution < -0.4 is 10.1 Å². The molecule has 3 aromatic carbocycles. The fourth-order valence-corrected chi connectivity index (χ4v) is 4.39. The minimum atomic E-state index is -0.370. The van der Waals surface area contributed by atoms with Crippen LogP contribution in [0.4, 0.5) is 11.5 Å². The third-order valence-electron chi connectivity index (χ3n) is 6.43. The number of nitrogens with one attached hydrogen (secondary N) is 1. The van der Waals surface area contributed by atoms with Gasteiger partial charge in [0.05, 0.1) is 17.5 Å². The maximum absolute atomic E-state index is 11.4. The van der Waals surface area contributed by atoms with Crippen molar-refractivity contribution in [3.8, 4) is 33.8 Å². The first kappa shape index (κ1) is 21.8. The van der Waals surface area contributed by atoms with Crippen LogP contribution in [0.15, 0.2) is 85.3 Å². The molecule has 8 nitrogen and oxygen atoms in total. The number of aromatic nitrogens is 3. The van der Waals surface area contributed by atoms with Crippen molar-refractivity contribution in [3.63, 3.8) is 0 Å². The molecule has 2 aromatic heterocycles. The summed E-state index contributed by atoms with van der Waals surface area (Å²) in [6, 6.07) is 23.3. The predicted octanol–water partition coefficient (Wildman–Crippen LogP) is 6.25. The molecule has 0 saturated heterocycles. The van der Waals surface area contributed by atoms with Crippen LogP contribution in [0.5, 0.6) is 5.75 Å². The van der Waals surface area contributed by atoms with Crippen molar-refractivity contribution in [2.45, 2.75) is 18.9 Å². The molecule has 0 bridgehead atoms. The molecule has 8 heteroatoms. The topological polar surface area (TPSA) is 95.1 Å². The summed E-state index contributed by atoms with van der Waals surface area (Å²) < 4.78 is 7.33. The van der Waals surface area contributed by atoms with Crippen molar-refractivity contribution in [3.05, 3.63) is 95.4 Å². The SMILES string of the molecule is COc1ccc(-c2ccc3c(-c4cccc([N+](=O)[O-])c4)cn(-c4cc(NC5CC5)ncn4)c3c2)cc1. The molecule has 0 atom stereocenters. The average molecular weight is 478 g/mol. The molecule has 0 amide bonds. The van der Waals surface area contributed by atoms with E-state index >= 15 is 0 Å². The summed E-state index contributed by atoms with van der Waals surface area (Å²) in [7, 11) is 1.65. The highest BCUT2D eigenvalue weighted by molar-refractivity contribution is 5.99. The number of benzene rings is 3. The number of nitrogens with zero attached hydrogens (tertiary/aromatic N) is 4. The minimum Gasteiger partial charge on any atom is -0.497 e. The maximum Gasteiger partial charge on any atom is 0.270 e. The summed E-state index contributed by atoms with van der Waals surface area (Å²) in [5, 5.41) is 15.8. The van der Waals surface area contributed by atoms with Crippen LogP contribution in [0.3, 0.4) is 0 Å². The summed E-state index contributed by atoms with van der Waals surface area (Å²) in [5.74, 6) is 2.31. The standard InChI is InChI=1S/C28H23N5O3/c1-36-23-10-5-18(6-11-23)19-7-12-24-25(20-3-2-4-22(13-20)33(34)35)16-32(26(24)14-19)28-15-27(29-17-30-28)31-21-8-9-21/h2-7,10-17,21H,8-9H2,1H3,(H,29,30,31). The molecule has 36 heavy (non-hydrogen) atoms. The van der Waals surface area contributed by atoms with E-state index in [1.165, 1.54) is 6.07 Å². The lowest BCUT2D eigenvalue weighted by atomic mass is 10.0. The Hall–Kier alpha value is -4.72. The van der Waals surface area contributed by atoms with Crippen molar-refractivity contribution < 1.29 is 9.66 Å². The van der Waals surface area contributed by atoms with E-state index in [4.69, 9.17) is 4.74 Å². The number of hydrogen-bond acceptors (Lipinski definition) is 6. The van der Waals surface area contributed by atoms with E-state index in [9.17, 15) is 10.1 Å². The summed E-state index contributed by atoms with van der Waals surface area (Å²) >= 11 is 0. The fraction of sp³-hybridized carbons (Fsp3) is 0.143. The molecule has 1 saturated carbocycles. The number of nitro groups is 1. The molecule has 1 fully saturated rings. The predicted molar refractivity (Wildman–Crippen MR) is 140 cm³/mol. The molecule has 0 unspecified atom stereocenters. The highest BCUT2D eigenvalue weighted by Crippen LogP contribution is 2.36. The van der Waals surface area contributed by atoms with Crippen LogP contribution in [0.2, 0.25) is 0 Å². The van der Waals surface area contributed by atoms with Crippen molar-refractivity contribution in [1.82, 2.24) is 14.5 Å². The summed E-state index contributed by atoms with van der Waals surface area (Å²) in [5.41, 5.74) is 4.77. The summed E-state index contributed by atoms with van der Waals surface area (Å²) in [6.07, 6.45) is 5.85. The summed E-state index contributed by atoms with van der Waals surface area (Å²) in [6.45, 7) is 0. The highest BCUT2D eigenvalue weighted by atomic mass is 16.6. The molecular formula is C28H23N5O3. The van der Waals surface area contributed by atoms with Gasteiger partial charge in [0.1, 0.15) is 23.7 Å². The van der Waals surface area contributed by atoms with Crippen molar-refractivity contribution >= 4 is 22.4 Å². The molecule has 5 aromatic rings. The van der Waals surface area contributed by atoms with Gasteiger partial charge in [-0.15, -0.1) is 0 Å². The van der Waals surface area contributed by atoms with Gasteiger partial charge in [0.2, 0.25) is 0 Å². The lowest BCUT2D eigenvalue weighted by Gasteiger charge is -2.09. The monoisotopic (exact) mass is 477 g/mol. The van der Waals surface area contributed by atoms with E-state index in [0.29, 0.717) is 6.04 Å². The molecule has 1 N–H and O–H groups in total. The number of hydrogen-bond donors (Lipinski definition) is 1. The van der Waals surface area contributed by atoms with E-state index in [1.807, 2.05) is 47.2 Å². The van der Waals surface area contributed by atoms with Gasteiger partial charge in [0.25, 0.3) is 5.69 Å². The Kier molecular flexibility index (Phi) is 5.33. The van der Waals surface area contributed by atoms with E-state index in [0.717, 1.165) is 63.4 Å². The average Bonchev–Trinajstić information content (AvgIpc) is 3.65. The number of rotatable bonds is 7. The Morgan fingerprint density at radius 3 is 2.53 bits per heavy atom. The van der Waals surface area contributed by atoms with Crippen molar-refractivity contribution in [1.29, 1.82) is 0 Å². The highest BCUT2D eigenvalue weighted by Gasteiger charge is 2.22. The van der Waals surface area contributed by atoms with Crippen LogP contribution in [-0.2, 0) is 0 Å². The van der Waals surface area contributed by atoms with Crippen LogP contribution in [0.1, 0.15) is 12.8 Å². The molecule has 1 aliphatic carbocycles. The Morgan fingerprint density at radius 2 is 1.78 bits per heavy atom. The zero-order chi connectivity index (χ0) is 24.6. The number of fused-ring (bicyclic) bond motifs is 1. The largest absolute Gasteiger partial charge is 0.497 e. The molecule has 2 heterocycles. The quantitative estimate of drug-likeness (QED) is 0.220. The van der Waals surface area contributed by atoms with E-state index < -0.39 is 0 Å². The number of ether oxygens (including phenoxy) is 1. The Balaban J connectivity index is 1.52. The summed E-state index contributed by atoms with van der Waals surface area (Å²) in [4.78, 5) is 20.0. The second-order valence-corrected chi connectivity index (χ2v) is 8.86. The van der Waals surface area contributed by atoms with E-state index in [-0.39, 0.29) is 10.6 Å². The molecular weight excluding hydrogens is 454 g/mol. The van der Waals surface area contributed by atoms with Gasteiger partial charge < -0.3 is 14.6 Å². The number of non-ortho nitro benzene ring substituents is 1. The molecule has 0 aliphatic heterocycles. The molecule has 0 radical (unpaired) electrons. The zero-order valence-electron chi connectivity index (χ0n) is 19.6.